The molecule has 0 atom stereocenters. The third kappa shape index (κ3) is 2.88. The van der Waals surface area contributed by atoms with Crippen molar-refractivity contribution in [1.29, 1.82) is 0 Å². The number of carbonyl (C=O) groups excluding carboxylic acids is 2. The fourth-order valence-electron chi connectivity index (χ4n) is 1.30. The smallest absolute Gasteiger partial charge is 0.350 e. The van der Waals surface area contributed by atoms with Crippen LogP contribution in [0.3, 0.4) is 0 Å². The zero-order chi connectivity index (χ0) is 12.3. The number of halogens is 1. The van der Waals surface area contributed by atoms with Crippen molar-refractivity contribution in [2.75, 3.05) is 5.88 Å². The normalized spacial score (nSPS) is 19.1. The minimum atomic E-state index is -1.23. The summed E-state index contributed by atoms with van der Waals surface area (Å²) < 4.78 is 9.81. The summed E-state index contributed by atoms with van der Waals surface area (Å²) in [5, 5.41) is 0. The molecular formula is C10H14ClNO4. The molecular weight excluding hydrogens is 234 g/mol. The summed E-state index contributed by atoms with van der Waals surface area (Å²) in [6.45, 7) is 2.96. The highest BCUT2D eigenvalue weighted by atomic mass is 35.5. The molecule has 0 unspecified atom stereocenters. The van der Waals surface area contributed by atoms with Crippen LogP contribution < -0.4 is 5.73 Å². The van der Waals surface area contributed by atoms with Crippen molar-refractivity contribution in [2.24, 2.45) is 5.73 Å². The van der Waals surface area contributed by atoms with Crippen LogP contribution in [0.4, 0.5) is 0 Å². The van der Waals surface area contributed by atoms with Gasteiger partial charge in [-0.15, -0.1) is 11.6 Å². The Balaban J connectivity index is 2.89. The predicted molar refractivity (Wildman–Crippen MR) is 57.4 cm³/mol. The standard InChI is InChI=1S/C10H14ClNO4/c1-10(2)15-8(13)7(9(14)16-10)6(12)4-3-5-11/h3-5,12H2,1-2H3. The lowest BCUT2D eigenvalue weighted by atomic mass is 10.1. The van der Waals surface area contributed by atoms with Gasteiger partial charge in [-0.25, -0.2) is 9.59 Å². The van der Waals surface area contributed by atoms with Crippen LogP contribution in [0.25, 0.3) is 0 Å². The van der Waals surface area contributed by atoms with Crippen molar-refractivity contribution in [3.8, 4) is 0 Å². The van der Waals surface area contributed by atoms with Gasteiger partial charge in [-0.1, -0.05) is 0 Å². The molecule has 0 radical (unpaired) electrons. The van der Waals surface area contributed by atoms with Gasteiger partial charge in [0.2, 0.25) is 0 Å². The first-order chi connectivity index (χ1) is 7.37. The van der Waals surface area contributed by atoms with Gasteiger partial charge in [-0.05, 0) is 12.8 Å². The van der Waals surface area contributed by atoms with E-state index in [-0.39, 0.29) is 11.3 Å². The summed E-state index contributed by atoms with van der Waals surface area (Å²) in [6, 6.07) is 0. The number of rotatable bonds is 3. The topological polar surface area (TPSA) is 78.6 Å². The van der Waals surface area contributed by atoms with Crippen LogP contribution in [0, 0.1) is 0 Å². The molecule has 0 spiro atoms. The van der Waals surface area contributed by atoms with Crippen molar-refractivity contribution in [1.82, 2.24) is 0 Å². The fraction of sp³-hybridized carbons (Fsp3) is 0.600. The number of esters is 2. The van der Waals surface area contributed by atoms with Gasteiger partial charge in [0.1, 0.15) is 0 Å². The van der Waals surface area contributed by atoms with Gasteiger partial charge in [-0.3, -0.25) is 0 Å². The number of ether oxygens (including phenoxy) is 2. The minimum absolute atomic E-state index is 0.158. The van der Waals surface area contributed by atoms with Crippen molar-refractivity contribution < 1.29 is 19.1 Å². The van der Waals surface area contributed by atoms with Gasteiger partial charge >= 0.3 is 11.9 Å². The number of alkyl halides is 1. The summed E-state index contributed by atoms with van der Waals surface area (Å²) in [5.74, 6) is -2.31. The van der Waals surface area contributed by atoms with Crippen LogP contribution in [0.1, 0.15) is 26.7 Å². The van der Waals surface area contributed by atoms with Crippen molar-refractivity contribution in [3.05, 3.63) is 11.3 Å². The fourth-order valence-corrected chi connectivity index (χ4v) is 1.43. The summed E-state index contributed by atoms with van der Waals surface area (Å²) in [5.41, 5.74) is 5.56. The summed E-state index contributed by atoms with van der Waals surface area (Å²) in [6.07, 6.45) is 0.949. The van der Waals surface area contributed by atoms with Gasteiger partial charge in [0.15, 0.2) is 5.57 Å². The number of allylic oxidation sites excluding steroid dienone is 1. The molecule has 16 heavy (non-hydrogen) atoms. The molecule has 0 aromatic heterocycles. The van der Waals surface area contributed by atoms with Gasteiger partial charge in [0, 0.05) is 25.4 Å². The van der Waals surface area contributed by atoms with Crippen LogP contribution in [-0.2, 0) is 19.1 Å². The van der Waals surface area contributed by atoms with E-state index in [0.29, 0.717) is 18.7 Å². The molecule has 6 heteroatoms. The number of hydrogen-bond acceptors (Lipinski definition) is 5. The van der Waals surface area contributed by atoms with E-state index in [9.17, 15) is 9.59 Å². The van der Waals surface area contributed by atoms with E-state index in [1.54, 1.807) is 0 Å². The maximum atomic E-state index is 11.5. The van der Waals surface area contributed by atoms with E-state index in [1.807, 2.05) is 0 Å². The molecule has 2 N–H and O–H groups in total. The van der Waals surface area contributed by atoms with Crippen LogP contribution in [0.15, 0.2) is 11.3 Å². The van der Waals surface area contributed by atoms with E-state index in [4.69, 9.17) is 26.8 Å². The molecule has 1 rings (SSSR count). The lowest BCUT2D eigenvalue weighted by Crippen LogP contribution is -2.42. The van der Waals surface area contributed by atoms with Crippen molar-refractivity contribution in [3.63, 3.8) is 0 Å². The maximum absolute atomic E-state index is 11.5. The molecule has 1 fully saturated rings. The van der Waals surface area contributed by atoms with Crippen LogP contribution in [0.5, 0.6) is 0 Å². The van der Waals surface area contributed by atoms with E-state index >= 15 is 0 Å². The average molecular weight is 248 g/mol. The third-order valence-electron chi connectivity index (χ3n) is 1.99. The highest BCUT2D eigenvalue weighted by Crippen LogP contribution is 2.24. The van der Waals surface area contributed by atoms with Gasteiger partial charge in [-0.2, -0.15) is 0 Å². The second kappa shape index (κ2) is 4.74. The second-order valence-corrected chi connectivity index (χ2v) is 4.25. The Bertz CT molecular complexity index is 327. The lowest BCUT2D eigenvalue weighted by Gasteiger charge is -2.30. The lowest BCUT2D eigenvalue weighted by molar-refractivity contribution is -0.222. The van der Waals surface area contributed by atoms with Gasteiger partial charge < -0.3 is 15.2 Å². The largest absolute Gasteiger partial charge is 0.419 e. The molecule has 5 nitrogen and oxygen atoms in total. The Kier molecular flexibility index (Phi) is 3.80. The van der Waals surface area contributed by atoms with Gasteiger partial charge in [0.25, 0.3) is 5.79 Å². The molecule has 1 heterocycles. The zero-order valence-corrected chi connectivity index (χ0v) is 9.97. The minimum Gasteiger partial charge on any atom is -0.419 e. The monoisotopic (exact) mass is 247 g/mol. The molecule has 0 saturated carbocycles. The molecule has 0 aromatic rings. The van der Waals surface area contributed by atoms with Crippen LogP contribution in [0.2, 0.25) is 0 Å². The SMILES string of the molecule is CC1(C)OC(=O)C(=C(N)CCCCl)C(=O)O1. The van der Waals surface area contributed by atoms with E-state index in [0.717, 1.165) is 0 Å². The Hall–Kier alpha value is -1.23. The molecule has 1 aliphatic heterocycles. The molecule has 1 saturated heterocycles. The highest BCUT2D eigenvalue weighted by Gasteiger charge is 2.40. The average Bonchev–Trinajstić information content (AvgIpc) is 2.11. The third-order valence-corrected chi connectivity index (χ3v) is 2.25. The van der Waals surface area contributed by atoms with Crippen LogP contribution in [-0.4, -0.2) is 23.6 Å². The molecule has 0 aromatic carbocycles. The highest BCUT2D eigenvalue weighted by molar-refractivity contribution is 6.18. The summed E-state index contributed by atoms with van der Waals surface area (Å²) >= 11 is 5.49. The van der Waals surface area contributed by atoms with Crippen LogP contribution >= 0.6 is 11.6 Å². The van der Waals surface area contributed by atoms with E-state index in [2.05, 4.69) is 0 Å². The Labute approximate surface area is 98.5 Å². The van der Waals surface area contributed by atoms with Crippen molar-refractivity contribution in [2.45, 2.75) is 32.5 Å². The number of carbonyl (C=O) groups is 2. The second-order valence-electron chi connectivity index (χ2n) is 3.87. The Morgan fingerprint density at radius 2 is 1.81 bits per heavy atom. The van der Waals surface area contributed by atoms with E-state index < -0.39 is 17.7 Å². The first-order valence-corrected chi connectivity index (χ1v) is 5.42. The number of cyclic esters (lactones) is 2. The Morgan fingerprint density at radius 3 is 2.25 bits per heavy atom. The maximum Gasteiger partial charge on any atom is 0.350 e. The summed E-state index contributed by atoms with van der Waals surface area (Å²) in [7, 11) is 0. The number of nitrogens with two attached hydrogens (primary N) is 1. The molecule has 0 aliphatic carbocycles. The molecule has 1 aliphatic rings. The first kappa shape index (κ1) is 12.8. The quantitative estimate of drug-likeness (QED) is 0.349. The Morgan fingerprint density at radius 1 is 1.31 bits per heavy atom. The van der Waals surface area contributed by atoms with Gasteiger partial charge in [0.05, 0.1) is 0 Å². The van der Waals surface area contributed by atoms with Crippen molar-refractivity contribution >= 4 is 23.5 Å². The zero-order valence-electron chi connectivity index (χ0n) is 9.21. The first-order valence-electron chi connectivity index (χ1n) is 4.88. The summed E-state index contributed by atoms with van der Waals surface area (Å²) in [4.78, 5) is 23.1. The molecule has 90 valence electrons. The molecule has 0 amide bonds. The van der Waals surface area contributed by atoms with E-state index in [1.165, 1.54) is 13.8 Å². The predicted octanol–water partition coefficient (Wildman–Crippen LogP) is 1.05. The molecule has 0 bridgehead atoms. The number of hydrogen-bond donors (Lipinski definition) is 1.